The Balaban J connectivity index is 2.16. The Labute approximate surface area is 68.3 Å². The van der Waals surface area contributed by atoms with Crippen molar-refractivity contribution in [3.63, 3.8) is 0 Å². The summed E-state index contributed by atoms with van der Waals surface area (Å²) in [5.41, 5.74) is 1.46. The lowest BCUT2D eigenvalue weighted by Gasteiger charge is -2.07. The molecule has 0 bridgehead atoms. The maximum atomic E-state index is 3.04. The minimum Gasteiger partial charge on any atom is -0.0581 e. The quantitative estimate of drug-likeness (QED) is 0.568. The summed E-state index contributed by atoms with van der Waals surface area (Å²) in [4.78, 5) is 0. The van der Waals surface area contributed by atoms with Crippen molar-refractivity contribution < 1.29 is 0 Å². The van der Waals surface area contributed by atoms with Crippen LogP contribution in [0.4, 0.5) is 0 Å². The van der Waals surface area contributed by atoms with Gasteiger partial charge in [-0.05, 0) is 36.8 Å². The third-order valence-electron chi connectivity index (χ3n) is 2.34. The lowest BCUT2D eigenvalue weighted by Crippen LogP contribution is -1.90. The summed E-state index contributed by atoms with van der Waals surface area (Å²) in [5, 5.41) is 0. The molecule has 0 N–H and O–H groups in total. The van der Waals surface area contributed by atoms with Gasteiger partial charge in [0.25, 0.3) is 0 Å². The molecular formula is C11H12. The summed E-state index contributed by atoms with van der Waals surface area (Å²) in [5.74, 6) is 0.726. The summed E-state index contributed by atoms with van der Waals surface area (Å²) in [6.45, 7) is 0. The van der Waals surface area contributed by atoms with Gasteiger partial charge in [-0.15, -0.1) is 0 Å². The van der Waals surface area contributed by atoms with Crippen LogP contribution in [0, 0.1) is 12.5 Å². The lowest BCUT2D eigenvalue weighted by molar-refractivity contribution is 0.790. The van der Waals surface area contributed by atoms with Crippen LogP contribution in [0.1, 0.15) is 30.7 Å². The zero-order valence-corrected chi connectivity index (χ0v) is 6.59. The molecule has 1 aliphatic carbocycles. The molecule has 1 unspecified atom stereocenters. The van der Waals surface area contributed by atoms with E-state index < -0.39 is 0 Å². The third kappa shape index (κ3) is 1.45. The van der Waals surface area contributed by atoms with Gasteiger partial charge >= 0.3 is 0 Å². The molecule has 1 saturated carbocycles. The lowest BCUT2D eigenvalue weighted by atomic mass is 9.98. The van der Waals surface area contributed by atoms with Gasteiger partial charge < -0.3 is 0 Å². The summed E-state index contributed by atoms with van der Waals surface area (Å²) in [7, 11) is 0. The van der Waals surface area contributed by atoms with Gasteiger partial charge in [0.05, 0.1) is 0 Å². The van der Waals surface area contributed by atoms with Crippen LogP contribution in [0.15, 0.2) is 24.3 Å². The van der Waals surface area contributed by atoms with E-state index in [4.69, 9.17) is 0 Å². The fourth-order valence-electron chi connectivity index (χ4n) is 1.72. The van der Waals surface area contributed by atoms with Crippen LogP contribution in [0.25, 0.3) is 0 Å². The van der Waals surface area contributed by atoms with Gasteiger partial charge in [0.2, 0.25) is 0 Å². The number of rotatable bonds is 1. The van der Waals surface area contributed by atoms with Gasteiger partial charge in [-0.2, -0.15) is 0 Å². The zero-order valence-electron chi connectivity index (χ0n) is 6.59. The van der Waals surface area contributed by atoms with E-state index in [1.807, 2.05) is 12.1 Å². The van der Waals surface area contributed by atoms with E-state index >= 15 is 0 Å². The van der Waals surface area contributed by atoms with Gasteiger partial charge in [-0.25, -0.2) is 0 Å². The fourth-order valence-corrected chi connectivity index (χ4v) is 1.72. The average molecular weight is 144 g/mol. The molecule has 2 rings (SSSR count). The molecule has 0 aromatic heterocycles. The first kappa shape index (κ1) is 6.90. The molecule has 0 heterocycles. The Morgan fingerprint density at radius 3 is 2.73 bits per heavy atom. The van der Waals surface area contributed by atoms with Gasteiger partial charge in [-0.1, -0.05) is 30.7 Å². The monoisotopic (exact) mass is 144 g/mol. The molecule has 1 atom stereocenters. The highest BCUT2D eigenvalue weighted by Gasteiger charge is 2.16. The summed E-state index contributed by atoms with van der Waals surface area (Å²) < 4.78 is 0. The average Bonchev–Trinajstić information content (AvgIpc) is 2.58. The van der Waals surface area contributed by atoms with Crippen molar-refractivity contribution in [3.8, 4) is 0 Å². The molecule has 0 spiro atoms. The van der Waals surface area contributed by atoms with Crippen LogP contribution in [-0.2, 0) is 0 Å². The van der Waals surface area contributed by atoms with E-state index in [1.165, 1.54) is 24.8 Å². The summed E-state index contributed by atoms with van der Waals surface area (Å²) in [6, 6.07) is 11.4. The van der Waals surface area contributed by atoms with E-state index in [9.17, 15) is 0 Å². The van der Waals surface area contributed by atoms with Gasteiger partial charge in [0.1, 0.15) is 0 Å². The standard InChI is InChI=1S/C11H12/c1-2-6-10(7-3-1)11-8-4-5-9-11/h2-3,6-8,11H,4-5,9H2. The zero-order chi connectivity index (χ0) is 7.52. The normalized spacial score (nSPS) is 18.9. The molecule has 0 aliphatic heterocycles. The molecule has 0 heteroatoms. The molecule has 11 heavy (non-hydrogen) atoms. The first-order valence-electron chi connectivity index (χ1n) is 4.26. The van der Waals surface area contributed by atoms with Crippen molar-refractivity contribution >= 4 is 0 Å². The van der Waals surface area contributed by atoms with E-state index in [1.54, 1.807) is 0 Å². The van der Waals surface area contributed by atoms with Crippen molar-refractivity contribution in [2.45, 2.75) is 25.2 Å². The predicted molar refractivity (Wildman–Crippen MR) is 46.2 cm³/mol. The molecule has 0 amide bonds. The molecule has 56 valence electrons. The maximum absolute atomic E-state index is 3.04. The molecule has 1 aliphatic rings. The molecule has 1 aromatic rings. The van der Waals surface area contributed by atoms with Gasteiger partial charge in [-0.3, -0.25) is 0 Å². The van der Waals surface area contributed by atoms with Crippen LogP contribution in [0.2, 0.25) is 0 Å². The maximum Gasteiger partial charge on any atom is -0.0131 e. The first-order valence-corrected chi connectivity index (χ1v) is 4.26. The number of hydrogen-bond donors (Lipinski definition) is 0. The fraction of sp³-hybridized carbons (Fsp3) is 0.364. The van der Waals surface area contributed by atoms with Crippen molar-refractivity contribution in [1.82, 2.24) is 0 Å². The molecular weight excluding hydrogens is 132 g/mol. The SMILES string of the molecule is [c]1ccc(C2[CH]CCC2)cc1. The van der Waals surface area contributed by atoms with Crippen molar-refractivity contribution in [3.05, 3.63) is 42.3 Å². The molecule has 1 aromatic carbocycles. The van der Waals surface area contributed by atoms with E-state index in [-0.39, 0.29) is 0 Å². The van der Waals surface area contributed by atoms with E-state index in [0.29, 0.717) is 0 Å². The Kier molecular flexibility index (Phi) is 1.93. The highest BCUT2D eigenvalue weighted by Crippen LogP contribution is 2.32. The molecule has 2 radical (unpaired) electrons. The minimum absolute atomic E-state index is 0.726. The number of benzene rings is 1. The Morgan fingerprint density at radius 1 is 1.27 bits per heavy atom. The van der Waals surface area contributed by atoms with Gasteiger partial charge in [0, 0.05) is 0 Å². The van der Waals surface area contributed by atoms with E-state index in [0.717, 1.165) is 5.92 Å². The van der Waals surface area contributed by atoms with Crippen molar-refractivity contribution in [1.29, 1.82) is 0 Å². The second-order valence-corrected chi connectivity index (χ2v) is 3.11. The van der Waals surface area contributed by atoms with Crippen LogP contribution >= 0.6 is 0 Å². The second kappa shape index (κ2) is 3.08. The van der Waals surface area contributed by atoms with Crippen LogP contribution < -0.4 is 0 Å². The van der Waals surface area contributed by atoms with Crippen molar-refractivity contribution in [2.24, 2.45) is 0 Å². The molecule has 0 saturated heterocycles. The number of hydrogen-bond acceptors (Lipinski definition) is 0. The van der Waals surface area contributed by atoms with Crippen LogP contribution in [0.3, 0.4) is 0 Å². The smallest absolute Gasteiger partial charge is 0.0131 e. The van der Waals surface area contributed by atoms with Gasteiger partial charge in [0.15, 0.2) is 0 Å². The van der Waals surface area contributed by atoms with Crippen LogP contribution in [-0.4, -0.2) is 0 Å². The topological polar surface area (TPSA) is 0 Å². The molecule has 0 nitrogen and oxygen atoms in total. The largest absolute Gasteiger partial charge is 0.0581 e. The second-order valence-electron chi connectivity index (χ2n) is 3.11. The Hall–Kier alpha value is -0.780. The predicted octanol–water partition coefficient (Wildman–Crippen LogP) is 2.96. The Morgan fingerprint density at radius 2 is 2.09 bits per heavy atom. The first-order chi connectivity index (χ1) is 5.47. The highest BCUT2D eigenvalue weighted by atomic mass is 14.2. The van der Waals surface area contributed by atoms with Crippen LogP contribution in [0.5, 0.6) is 0 Å². The highest BCUT2D eigenvalue weighted by molar-refractivity contribution is 5.22. The Bertz CT molecular complexity index is 207. The van der Waals surface area contributed by atoms with E-state index in [2.05, 4.69) is 24.6 Å². The third-order valence-corrected chi connectivity index (χ3v) is 2.34. The summed E-state index contributed by atoms with van der Waals surface area (Å²) >= 11 is 0. The summed E-state index contributed by atoms with van der Waals surface area (Å²) in [6.07, 6.45) is 6.42. The minimum atomic E-state index is 0.726. The van der Waals surface area contributed by atoms with Crippen molar-refractivity contribution in [2.75, 3.05) is 0 Å². The molecule has 1 fully saturated rings.